The van der Waals surface area contributed by atoms with E-state index in [0.717, 1.165) is 12.8 Å². The third kappa shape index (κ3) is 4.08. The van der Waals surface area contributed by atoms with Crippen molar-refractivity contribution < 1.29 is 19.1 Å². The number of ether oxygens (including phenoxy) is 2. The van der Waals surface area contributed by atoms with Gasteiger partial charge in [0.15, 0.2) is 0 Å². The molecule has 1 aliphatic rings. The monoisotopic (exact) mass is 374 g/mol. The summed E-state index contributed by atoms with van der Waals surface area (Å²) in [5.74, 6) is 0.705. The van der Waals surface area contributed by atoms with E-state index in [-0.39, 0.29) is 17.7 Å². The van der Waals surface area contributed by atoms with Crippen LogP contribution in [-0.2, 0) is 4.79 Å². The number of amides is 2. The minimum atomic E-state index is -0.312. The average Bonchev–Trinajstić information content (AvgIpc) is 3.48. The summed E-state index contributed by atoms with van der Waals surface area (Å²) in [6, 6.07) is 9.88. The smallest absolute Gasteiger partial charge is 0.255 e. The molecular formula is C19H19ClN2O4. The minimum absolute atomic E-state index is 0.0280. The third-order valence-corrected chi connectivity index (χ3v) is 4.38. The Kier molecular flexibility index (Phi) is 5.32. The van der Waals surface area contributed by atoms with Crippen LogP contribution in [0.15, 0.2) is 36.4 Å². The van der Waals surface area contributed by atoms with E-state index < -0.39 is 0 Å². The predicted octanol–water partition coefficient (Wildman–Crippen LogP) is 3.96. The van der Waals surface area contributed by atoms with Gasteiger partial charge < -0.3 is 20.1 Å². The molecule has 2 aromatic rings. The summed E-state index contributed by atoms with van der Waals surface area (Å²) in [5, 5.41) is 6.00. The molecule has 0 spiro atoms. The van der Waals surface area contributed by atoms with Crippen LogP contribution in [0.2, 0.25) is 5.02 Å². The van der Waals surface area contributed by atoms with E-state index in [9.17, 15) is 9.59 Å². The van der Waals surface area contributed by atoms with Crippen molar-refractivity contribution in [2.75, 3.05) is 24.9 Å². The molecule has 2 N–H and O–H groups in total. The second kappa shape index (κ2) is 7.66. The van der Waals surface area contributed by atoms with Gasteiger partial charge in [-0.05, 0) is 37.1 Å². The largest absolute Gasteiger partial charge is 0.495 e. The molecule has 2 aromatic carbocycles. The summed E-state index contributed by atoms with van der Waals surface area (Å²) in [5.41, 5.74) is 1.57. The first-order valence-electron chi connectivity index (χ1n) is 8.15. The maximum atomic E-state index is 12.5. The molecule has 0 saturated heterocycles. The van der Waals surface area contributed by atoms with Crippen molar-refractivity contribution in [3.63, 3.8) is 0 Å². The summed E-state index contributed by atoms with van der Waals surface area (Å²) >= 11 is 6.07. The fraction of sp³-hybridized carbons (Fsp3) is 0.263. The summed E-state index contributed by atoms with van der Waals surface area (Å²) in [6.45, 7) is 0. The molecule has 6 nitrogen and oxygen atoms in total. The first-order valence-corrected chi connectivity index (χ1v) is 8.53. The lowest BCUT2D eigenvalue weighted by atomic mass is 10.1. The highest BCUT2D eigenvalue weighted by Crippen LogP contribution is 2.36. The van der Waals surface area contributed by atoms with Gasteiger partial charge in [-0.15, -0.1) is 0 Å². The molecule has 1 aliphatic carbocycles. The molecule has 3 rings (SSSR count). The predicted molar refractivity (Wildman–Crippen MR) is 100 cm³/mol. The first-order chi connectivity index (χ1) is 12.5. The molecule has 0 heterocycles. The normalized spacial score (nSPS) is 13.0. The number of anilines is 2. The zero-order valence-electron chi connectivity index (χ0n) is 14.5. The van der Waals surface area contributed by atoms with E-state index in [2.05, 4.69) is 10.6 Å². The second-order valence-corrected chi connectivity index (χ2v) is 6.39. The second-order valence-electron chi connectivity index (χ2n) is 5.98. The number of carbonyl (C=O) groups excluding carboxylic acids is 2. The Hall–Kier alpha value is -2.73. The van der Waals surface area contributed by atoms with Crippen molar-refractivity contribution in [1.82, 2.24) is 0 Å². The molecule has 0 aromatic heterocycles. The highest BCUT2D eigenvalue weighted by molar-refractivity contribution is 6.32. The standard InChI is InChI=1S/C19H19ClN2O4/c1-25-16-10-15(17(26-2)9-14(16)20)22-19(24)12-5-7-13(8-6-12)21-18(23)11-3-4-11/h5-11H,3-4H2,1-2H3,(H,21,23)(H,22,24). The van der Waals surface area contributed by atoms with Gasteiger partial charge in [0.25, 0.3) is 5.91 Å². The molecule has 0 atom stereocenters. The van der Waals surface area contributed by atoms with Crippen molar-refractivity contribution >= 4 is 34.8 Å². The fourth-order valence-electron chi connectivity index (χ4n) is 2.45. The van der Waals surface area contributed by atoms with E-state index in [1.807, 2.05) is 0 Å². The van der Waals surface area contributed by atoms with Crippen LogP contribution in [0.5, 0.6) is 11.5 Å². The van der Waals surface area contributed by atoms with Crippen LogP contribution >= 0.6 is 11.6 Å². The molecule has 26 heavy (non-hydrogen) atoms. The summed E-state index contributed by atoms with van der Waals surface area (Å²) in [6.07, 6.45) is 1.89. The minimum Gasteiger partial charge on any atom is -0.495 e. The molecule has 1 saturated carbocycles. The Morgan fingerprint density at radius 3 is 2.23 bits per heavy atom. The van der Waals surface area contributed by atoms with Gasteiger partial charge in [-0.2, -0.15) is 0 Å². The van der Waals surface area contributed by atoms with E-state index in [0.29, 0.717) is 33.5 Å². The van der Waals surface area contributed by atoms with Crippen molar-refractivity contribution in [3.8, 4) is 11.5 Å². The number of rotatable bonds is 6. The Bertz CT molecular complexity index is 832. The van der Waals surface area contributed by atoms with Crippen LogP contribution in [0.3, 0.4) is 0 Å². The lowest BCUT2D eigenvalue weighted by Gasteiger charge is -2.13. The van der Waals surface area contributed by atoms with Gasteiger partial charge in [0, 0.05) is 29.3 Å². The van der Waals surface area contributed by atoms with Gasteiger partial charge in [-0.25, -0.2) is 0 Å². The molecule has 0 radical (unpaired) electrons. The Balaban J connectivity index is 1.72. The number of hydrogen-bond acceptors (Lipinski definition) is 4. The molecule has 0 unspecified atom stereocenters. The Morgan fingerprint density at radius 2 is 1.65 bits per heavy atom. The quantitative estimate of drug-likeness (QED) is 0.802. The number of hydrogen-bond donors (Lipinski definition) is 2. The van der Waals surface area contributed by atoms with Gasteiger partial charge in [0.2, 0.25) is 5.91 Å². The lowest BCUT2D eigenvalue weighted by Crippen LogP contribution is -2.15. The van der Waals surface area contributed by atoms with Crippen molar-refractivity contribution in [1.29, 1.82) is 0 Å². The number of carbonyl (C=O) groups is 2. The molecule has 0 bridgehead atoms. The zero-order chi connectivity index (χ0) is 18.7. The SMILES string of the molecule is COc1cc(NC(=O)c2ccc(NC(=O)C3CC3)cc2)c(OC)cc1Cl. The molecule has 2 amide bonds. The number of nitrogens with one attached hydrogen (secondary N) is 2. The molecule has 7 heteroatoms. The fourth-order valence-corrected chi connectivity index (χ4v) is 2.68. The average molecular weight is 375 g/mol. The molecule has 136 valence electrons. The van der Waals surface area contributed by atoms with E-state index in [1.54, 1.807) is 36.4 Å². The first kappa shape index (κ1) is 18.1. The third-order valence-electron chi connectivity index (χ3n) is 4.08. The van der Waals surface area contributed by atoms with Crippen molar-refractivity contribution in [2.24, 2.45) is 5.92 Å². The maximum Gasteiger partial charge on any atom is 0.255 e. The van der Waals surface area contributed by atoms with Crippen LogP contribution < -0.4 is 20.1 Å². The maximum absolute atomic E-state index is 12.5. The van der Waals surface area contributed by atoms with E-state index in [1.165, 1.54) is 14.2 Å². The van der Waals surface area contributed by atoms with E-state index >= 15 is 0 Å². The molecular weight excluding hydrogens is 356 g/mol. The topological polar surface area (TPSA) is 76.7 Å². The Labute approximate surface area is 156 Å². The van der Waals surface area contributed by atoms with Gasteiger partial charge in [-0.1, -0.05) is 11.6 Å². The van der Waals surface area contributed by atoms with Crippen LogP contribution in [0.25, 0.3) is 0 Å². The Morgan fingerprint density at radius 1 is 1.00 bits per heavy atom. The van der Waals surface area contributed by atoms with Crippen LogP contribution in [0.4, 0.5) is 11.4 Å². The van der Waals surface area contributed by atoms with Crippen molar-refractivity contribution in [3.05, 3.63) is 47.0 Å². The zero-order valence-corrected chi connectivity index (χ0v) is 15.2. The van der Waals surface area contributed by atoms with Crippen molar-refractivity contribution in [2.45, 2.75) is 12.8 Å². The number of benzene rings is 2. The van der Waals surface area contributed by atoms with Crippen LogP contribution in [0, 0.1) is 5.92 Å². The van der Waals surface area contributed by atoms with E-state index in [4.69, 9.17) is 21.1 Å². The number of halogens is 1. The summed E-state index contributed by atoms with van der Waals surface area (Å²) in [7, 11) is 2.99. The highest BCUT2D eigenvalue weighted by atomic mass is 35.5. The van der Waals surface area contributed by atoms with Crippen LogP contribution in [-0.4, -0.2) is 26.0 Å². The van der Waals surface area contributed by atoms with Gasteiger partial charge in [0.1, 0.15) is 11.5 Å². The number of methoxy groups -OCH3 is 2. The van der Waals surface area contributed by atoms with Gasteiger partial charge in [-0.3, -0.25) is 9.59 Å². The van der Waals surface area contributed by atoms with Gasteiger partial charge >= 0.3 is 0 Å². The molecule has 1 fully saturated rings. The summed E-state index contributed by atoms with van der Waals surface area (Å²) in [4.78, 5) is 24.3. The lowest BCUT2D eigenvalue weighted by molar-refractivity contribution is -0.117. The highest BCUT2D eigenvalue weighted by Gasteiger charge is 2.29. The van der Waals surface area contributed by atoms with Crippen LogP contribution in [0.1, 0.15) is 23.2 Å². The van der Waals surface area contributed by atoms with Gasteiger partial charge in [0.05, 0.1) is 24.9 Å². The summed E-state index contributed by atoms with van der Waals surface area (Å²) < 4.78 is 10.4. The molecule has 0 aliphatic heterocycles.